The van der Waals surface area contributed by atoms with Crippen molar-refractivity contribution in [3.8, 4) is 5.00 Å². The zero-order chi connectivity index (χ0) is 24.8. The number of nitrogens with one attached hydrogen (secondary N) is 1. The van der Waals surface area contributed by atoms with Crippen molar-refractivity contribution in [2.75, 3.05) is 39.4 Å². The molecule has 2 unspecified atom stereocenters. The molecule has 3 aliphatic rings. The molecule has 2 fully saturated rings. The number of aliphatic imine (C=N–C) groups is 1. The molecule has 0 spiro atoms. The fourth-order valence-corrected chi connectivity index (χ4v) is 6.38. The quantitative estimate of drug-likeness (QED) is 0.494. The van der Waals surface area contributed by atoms with Gasteiger partial charge in [-0.15, -0.1) is 21.5 Å². The first kappa shape index (κ1) is 23.9. The number of aryl methyl sites for hydroxylation is 3. The summed E-state index contributed by atoms with van der Waals surface area (Å²) in [5.41, 5.74) is 5.90. The van der Waals surface area contributed by atoms with Crippen molar-refractivity contribution in [1.29, 1.82) is 0 Å². The van der Waals surface area contributed by atoms with Crippen LogP contribution in [0.2, 0.25) is 0 Å². The number of morpholine rings is 1. The van der Waals surface area contributed by atoms with Crippen LogP contribution in [0.4, 0.5) is 0 Å². The Bertz CT molecular complexity index is 1270. The van der Waals surface area contributed by atoms with Gasteiger partial charge in [-0.3, -0.25) is 19.8 Å². The van der Waals surface area contributed by atoms with Gasteiger partial charge >= 0.3 is 0 Å². The highest BCUT2D eigenvalue weighted by Crippen LogP contribution is 2.41. The minimum absolute atomic E-state index is 0.0721. The number of epoxide rings is 1. The lowest BCUT2D eigenvalue weighted by molar-refractivity contribution is 0.0381. The van der Waals surface area contributed by atoms with E-state index in [2.05, 4.69) is 70.0 Å². The van der Waals surface area contributed by atoms with E-state index in [1.54, 1.807) is 11.3 Å². The standard InChI is InChI=1S/C27H34N6O2S/c1-16-5-7-20(8-6-16)24-23-17(2)18(3)36-27(23)33-19(4)30-31-25(33)21(29-24)15-22-26(35-22)28-9-10-32-11-13-34-14-12-32/h5-8,21-22,26,28H,9-15H2,1-4H3/t21-,22?,26?/m0/s1. The van der Waals surface area contributed by atoms with Crippen LogP contribution in [0.3, 0.4) is 0 Å². The largest absolute Gasteiger partial charge is 0.379 e. The zero-order valence-corrected chi connectivity index (χ0v) is 22.3. The topological polar surface area (TPSA) is 80.1 Å². The number of hydrogen-bond acceptors (Lipinski definition) is 8. The molecule has 1 aromatic carbocycles. The Morgan fingerprint density at radius 1 is 1.06 bits per heavy atom. The molecule has 3 atom stereocenters. The first-order chi connectivity index (χ1) is 17.5. The molecule has 2 aromatic heterocycles. The Balaban J connectivity index is 1.27. The SMILES string of the molecule is Cc1ccc(C2=N[C@@H](CC3OC3NCCN3CCOCC3)c3nnc(C)n3-c3sc(C)c(C)c32)cc1. The summed E-state index contributed by atoms with van der Waals surface area (Å²) in [5.74, 6) is 1.80. The number of nitrogens with zero attached hydrogens (tertiary/aromatic N) is 5. The smallest absolute Gasteiger partial charge is 0.163 e. The fourth-order valence-electron chi connectivity index (χ4n) is 5.17. The Morgan fingerprint density at radius 2 is 1.83 bits per heavy atom. The number of hydrogen-bond donors (Lipinski definition) is 1. The van der Waals surface area contributed by atoms with Crippen molar-refractivity contribution in [2.24, 2.45) is 4.99 Å². The summed E-state index contributed by atoms with van der Waals surface area (Å²) in [6.45, 7) is 14.1. The first-order valence-corrected chi connectivity index (χ1v) is 13.7. The van der Waals surface area contributed by atoms with Gasteiger partial charge in [0.2, 0.25) is 0 Å². The van der Waals surface area contributed by atoms with Crippen molar-refractivity contribution in [2.45, 2.75) is 52.5 Å². The van der Waals surface area contributed by atoms with E-state index >= 15 is 0 Å². The monoisotopic (exact) mass is 506 g/mol. The number of fused-ring (bicyclic) bond motifs is 3. The van der Waals surface area contributed by atoms with Crippen molar-refractivity contribution >= 4 is 17.0 Å². The molecule has 36 heavy (non-hydrogen) atoms. The van der Waals surface area contributed by atoms with E-state index in [0.29, 0.717) is 0 Å². The molecule has 0 radical (unpaired) electrons. The first-order valence-electron chi connectivity index (χ1n) is 12.9. The summed E-state index contributed by atoms with van der Waals surface area (Å²) in [7, 11) is 0. The lowest BCUT2D eigenvalue weighted by Gasteiger charge is -2.26. The normalized spacial score (nSPS) is 23.7. The van der Waals surface area contributed by atoms with Crippen LogP contribution in [-0.4, -0.2) is 77.1 Å². The molecular formula is C27H34N6O2S. The van der Waals surface area contributed by atoms with E-state index in [0.717, 1.165) is 68.7 Å². The van der Waals surface area contributed by atoms with Crippen LogP contribution in [0.15, 0.2) is 29.3 Å². The Kier molecular flexibility index (Phi) is 6.51. The third kappa shape index (κ3) is 4.54. The van der Waals surface area contributed by atoms with Gasteiger partial charge in [0.25, 0.3) is 0 Å². The molecule has 3 aromatic rings. The number of rotatable bonds is 7. The summed E-state index contributed by atoms with van der Waals surface area (Å²) in [4.78, 5) is 9.12. The van der Waals surface area contributed by atoms with E-state index in [1.807, 2.05) is 6.92 Å². The van der Waals surface area contributed by atoms with Gasteiger partial charge in [-0.2, -0.15) is 0 Å². The minimum Gasteiger partial charge on any atom is -0.379 e. The third-order valence-corrected chi connectivity index (χ3v) is 8.67. The van der Waals surface area contributed by atoms with Crippen LogP contribution in [0.1, 0.15) is 51.2 Å². The van der Waals surface area contributed by atoms with Crippen molar-refractivity contribution in [1.82, 2.24) is 25.0 Å². The molecule has 5 heterocycles. The van der Waals surface area contributed by atoms with Crippen molar-refractivity contribution in [3.05, 3.63) is 63.0 Å². The van der Waals surface area contributed by atoms with E-state index in [4.69, 9.17) is 14.5 Å². The van der Waals surface area contributed by atoms with E-state index < -0.39 is 0 Å². The van der Waals surface area contributed by atoms with Gasteiger partial charge in [0, 0.05) is 48.6 Å². The van der Waals surface area contributed by atoms with E-state index in [-0.39, 0.29) is 18.4 Å². The second kappa shape index (κ2) is 9.79. The zero-order valence-electron chi connectivity index (χ0n) is 21.5. The van der Waals surface area contributed by atoms with Crippen molar-refractivity contribution < 1.29 is 9.47 Å². The van der Waals surface area contributed by atoms with Gasteiger partial charge < -0.3 is 9.47 Å². The van der Waals surface area contributed by atoms with Gasteiger partial charge in [-0.25, -0.2) is 0 Å². The average Bonchev–Trinajstić information content (AvgIpc) is 3.44. The third-order valence-electron chi connectivity index (χ3n) is 7.48. The minimum atomic E-state index is -0.127. The number of benzene rings is 1. The second-order valence-corrected chi connectivity index (χ2v) is 11.2. The fraction of sp³-hybridized carbons (Fsp3) is 0.519. The Morgan fingerprint density at radius 3 is 2.61 bits per heavy atom. The second-order valence-electron chi connectivity index (χ2n) is 10.0. The summed E-state index contributed by atoms with van der Waals surface area (Å²) < 4.78 is 13.7. The molecule has 6 rings (SSSR count). The molecule has 8 nitrogen and oxygen atoms in total. The predicted molar refractivity (Wildman–Crippen MR) is 142 cm³/mol. The predicted octanol–water partition coefficient (Wildman–Crippen LogP) is 3.49. The molecule has 0 aliphatic carbocycles. The molecule has 3 aliphatic heterocycles. The molecule has 190 valence electrons. The molecule has 2 saturated heterocycles. The summed E-state index contributed by atoms with van der Waals surface area (Å²) in [6, 6.07) is 8.57. The summed E-state index contributed by atoms with van der Waals surface area (Å²) in [6.07, 6.45) is 0.963. The van der Waals surface area contributed by atoms with Crippen LogP contribution in [0.5, 0.6) is 0 Å². The van der Waals surface area contributed by atoms with Gasteiger partial charge in [-0.1, -0.05) is 29.8 Å². The Labute approximate surface area is 216 Å². The lowest BCUT2D eigenvalue weighted by atomic mass is 9.99. The molecule has 0 amide bonds. The molecule has 1 N–H and O–H groups in total. The number of ether oxygens (including phenoxy) is 2. The van der Waals surface area contributed by atoms with E-state index in [9.17, 15) is 0 Å². The molecule has 0 bridgehead atoms. The maximum atomic E-state index is 6.05. The maximum absolute atomic E-state index is 6.05. The molecule has 0 saturated carbocycles. The van der Waals surface area contributed by atoms with Crippen LogP contribution >= 0.6 is 11.3 Å². The van der Waals surface area contributed by atoms with Gasteiger partial charge in [-0.05, 0) is 33.3 Å². The van der Waals surface area contributed by atoms with Gasteiger partial charge in [0.1, 0.15) is 29.2 Å². The number of aromatic nitrogens is 3. The lowest BCUT2D eigenvalue weighted by Crippen LogP contribution is -2.40. The molecule has 9 heteroatoms. The highest BCUT2D eigenvalue weighted by Gasteiger charge is 2.42. The average molecular weight is 507 g/mol. The maximum Gasteiger partial charge on any atom is 0.163 e. The molecular weight excluding hydrogens is 472 g/mol. The summed E-state index contributed by atoms with van der Waals surface area (Å²) in [5, 5.41) is 13.8. The van der Waals surface area contributed by atoms with Crippen molar-refractivity contribution in [3.63, 3.8) is 0 Å². The Hall–Kier alpha value is -2.43. The van der Waals surface area contributed by atoms with Crippen LogP contribution in [0, 0.1) is 27.7 Å². The van der Waals surface area contributed by atoms with Crippen LogP contribution in [0.25, 0.3) is 5.00 Å². The highest BCUT2D eigenvalue weighted by atomic mass is 32.1. The number of thiophene rings is 1. The summed E-state index contributed by atoms with van der Waals surface area (Å²) >= 11 is 1.80. The van der Waals surface area contributed by atoms with Gasteiger partial charge in [0.15, 0.2) is 5.82 Å². The highest BCUT2D eigenvalue weighted by molar-refractivity contribution is 7.15. The van der Waals surface area contributed by atoms with Crippen LogP contribution in [-0.2, 0) is 9.47 Å². The van der Waals surface area contributed by atoms with Crippen LogP contribution < -0.4 is 5.32 Å². The van der Waals surface area contributed by atoms with Gasteiger partial charge in [0.05, 0.1) is 18.9 Å². The van der Waals surface area contributed by atoms with E-state index in [1.165, 1.54) is 26.6 Å².